The Labute approximate surface area is 115 Å². The molecule has 0 bridgehead atoms. The lowest BCUT2D eigenvalue weighted by Crippen LogP contribution is -2.40. The van der Waals surface area contributed by atoms with Gasteiger partial charge in [0, 0.05) is 12.6 Å². The van der Waals surface area contributed by atoms with Crippen LogP contribution in [0, 0.1) is 11.3 Å². The van der Waals surface area contributed by atoms with Crippen molar-refractivity contribution < 1.29 is 5.11 Å². The smallest absolute Gasteiger partial charge is 0.0991 e. The van der Waals surface area contributed by atoms with E-state index in [4.69, 9.17) is 5.26 Å². The molecule has 1 aliphatic heterocycles. The number of nitrogens with zero attached hydrogens (tertiary/aromatic N) is 2. The standard InChI is InChI=1S/C16H22N2O/c1-13(19)10-16-4-2-3-9-18(16)12-15-7-5-14(11-17)6-8-15/h5-8,13,16,19H,2-4,9-10,12H2,1H3. The fraction of sp³-hybridized carbons (Fsp3) is 0.562. The Bertz CT molecular complexity index is 433. The van der Waals surface area contributed by atoms with Crippen molar-refractivity contribution in [2.24, 2.45) is 0 Å². The van der Waals surface area contributed by atoms with Crippen molar-refractivity contribution in [1.82, 2.24) is 4.90 Å². The SMILES string of the molecule is CC(O)CC1CCCCN1Cc1ccc(C#N)cc1. The first-order valence-electron chi connectivity index (χ1n) is 7.10. The third-order valence-corrected chi connectivity index (χ3v) is 3.83. The van der Waals surface area contributed by atoms with Gasteiger partial charge in [-0.3, -0.25) is 4.90 Å². The van der Waals surface area contributed by atoms with Crippen LogP contribution in [0.15, 0.2) is 24.3 Å². The second-order valence-electron chi connectivity index (χ2n) is 5.51. The van der Waals surface area contributed by atoms with Crippen molar-refractivity contribution in [3.63, 3.8) is 0 Å². The Balaban J connectivity index is 2.00. The molecule has 0 aromatic heterocycles. The monoisotopic (exact) mass is 258 g/mol. The predicted molar refractivity (Wildman–Crippen MR) is 75.5 cm³/mol. The van der Waals surface area contributed by atoms with E-state index in [9.17, 15) is 5.11 Å². The molecule has 3 heteroatoms. The number of likely N-dealkylation sites (tertiary alicyclic amines) is 1. The number of aliphatic hydroxyl groups excluding tert-OH is 1. The molecule has 0 amide bonds. The number of aliphatic hydroxyl groups is 1. The van der Waals surface area contributed by atoms with E-state index in [0.29, 0.717) is 11.6 Å². The molecule has 1 aromatic carbocycles. The largest absolute Gasteiger partial charge is 0.393 e. The van der Waals surface area contributed by atoms with Gasteiger partial charge in [0.25, 0.3) is 0 Å². The van der Waals surface area contributed by atoms with E-state index in [1.807, 2.05) is 31.2 Å². The van der Waals surface area contributed by atoms with Gasteiger partial charge in [-0.15, -0.1) is 0 Å². The fourth-order valence-electron chi connectivity index (χ4n) is 2.85. The summed E-state index contributed by atoms with van der Waals surface area (Å²) < 4.78 is 0. The minimum absolute atomic E-state index is 0.230. The highest BCUT2D eigenvalue weighted by molar-refractivity contribution is 5.31. The molecular formula is C16H22N2O. The van der Waals surface area contributed by atoms with Gasteiger partial charge >= 0.3 is 0 Å². The lowest BCUT2D eigenvalue weighted by atomic mass is 9.96. The van der Waals surface area contributed by atoms with Crippen molar-refractivity contribution in [2.45, 2.75) is 51.3 Å². The third-order valence-electron chi connectivity index (χ3n) is 3.83. The van der Waals surface area contributed by atoms with Crippen molar-refractivity contribution in [2.75, 3.05) is 6.54 Å². The van der Waals surface area contributed by atoms with Gasteiger partial charge in [0.05, 0.1) is 17.7 Å². The Hall–Kier alpha value is -1.37. The number of rotatable bonds is 4. The van der Waals surface area contributed by atoms with E-state index in [1.54, 1.807) is 0 Å². The maximum atomic E-state index is 9.59. The number of benzene rings is 1. The van der Waals surface area contributed by atoms with Crippen LogP contribution in [0.4, 0.5) is 0 Å². The van der Waals surface area contributed by atoms with E-state index in [0.717, 1.165) is 19.5 Å². The maximum absolute atomic E-state index is 9.59. The van der Waals surface area contributed by atoms with Crippen LogP contribution in [0.1, 0.15) is 43.7 Å². The molecule has 0 radical (unpaired) electrons. The summed E-state index contributed by atoms with van der Waals surface area (Å²) in [6, 6.07) is 10.5. The molecule has 3 nitrogen and oxygen atoms in total. The summed E-state index contributed by atoms with van der Waals surface area (Å²) in [5.41, 5.74) is 1.96. The molecule has 1 fully saturated rings. The molecule has 0 spiro atoms. The average Bonchev–Trinajstić information content (AvgIpc) is 2.41. The highest BCUT2D eigenvalue weighted by Crippen LogP contribution is 2.23. The van der Waals surface area contributed by atoms with Crippen molar-refractivity contribution >= 4 is 0 Å². The second kappa shape index (κ2) is 6.70. The van der Waals surface area contributed by atoms with Crippen LogP contribution in [0.5, 0.6) is 0 Å². The molecule has 0 aliphatic carbocycles. The van der Waals surface area contributed by atoms with Gasteiger partial charge in [0.15, 0.2) is 0 Å². The van der Waals surface area contributed by atoms with Crippen LogP contribution in [0.25, 0.3) is 0 Å². The van der Waals surface area contributed by atoms with Gasteiger partial charge in [-0.2, -0.15) is 5.26 Å². The van der Waals surface area contributed by atoms with Crippen LogP contribution in [-0.2, 0) is 6.54 Å². The summed E-state index contributed by atoms with van der Waals surface area (Å²) in [6.07, 6.45) is 4.32. The summed E-state index contributed by atoms with van der Waals surface area (Å²) >= 11 is 0. The van der Waals surface area contributed by atoms with Crippen molar-refractivity contribution in [3.8, 4) is 6.07 Å². The molecule has 1 aliphatic rings. The Morgan fingerprint density at radius 3 is 2.74 bits per heavy atom. The van der Waals surface area contributed by atoms with Gasteiger partial charge < -0.3 is 5.11 Å². The molecule has 19 heavy (non-hydrogen) atoms. The number of hydrogen-bond acceptors (Lipinski definition) is 3. The third kappa shape index (κ3) is 4.05. The number of nitriles is 1. The quantitative estimate of drug-likeness (QED) is 0.903. The molecule has 1 N–H and O–H groups in total. The minimum atomic E-state index is -0.230. The zero-order chi connectivity index (χ0) is 13.7. The topological polar surface area (TPSA) is 47.3 Å². The van der Waals surface area contributed by atoms with E-state index < -0.39 is 0 Å². The lowest BCUT2D eigenvalue weighted by Gasteiger charge is -2.36. The minimum Gasteiger partial charge on any atom is -0.393 e. The van der Waals surface area contributed by atoms with Gasteiger partial charge in [-0.05, 0) is 50.4 Å². The van der Waals surface area contributed by atoms with Crippen LogP contribution in [0.3, 0.4) is 0 Å². The highest BCUT2D eigenvalue weighted by Gasteiger charge is 2.23. The second-order valence-corrected chi connectivity index (χ2v) is 5.51. The first-order valence-corrected chi connectivity index (χ1v) is 7.10. The van der Waals surface area contributed by atoms with Crippen molar-refractivity contribution in [1.29, 1.82) is 5.26 Å². The van der Waals surface area contributed by atoms with Gasteiger partial charge in [0.2, 0.25) is 0 Å². The molecule has 1 aromatic rings. The van der Waals surface area contributed by atoms with Crippen LogP contribution in [-0.4, -0.2) is 28.7 Å². The summed E-state index contributed by atoms with van der Waals surface area (Å²) in [5.74, 6) is 0. The first kappa shape index (κ1) is 14.0. The molecule has 2 unspecified atom stereocenters. The highest BCUT2D eigenvalue weighted by atomic mass is 16.3. The molecule has 2 atom stereocenters. The van der Waals surface area contributed by atoms with E-state index in [2.05, 4.69) is 11.0 Å². The Kier molecular flexibility index (Phi) is 4.95. The van der Waals surface area contributed by atoms with Crippen LogP contribution >= 0.6 is 0 Å². The molecule has 0 saturated carbocycles. The molecule has 102 valence electrons. The van der Waals surface area contributed by atoms with Gasteiger partial charge in [-0.1, -0.05) is 18.6 Å². The first-order chi connectivity index (χ1) is 9.19. The number of hydrogen-bond donors (Lipinski definition) is 1. The Morgan fingerprint density at radius 1 is 1.37 bits per heavy atom. The molecular weight excluding hydrogens is 236 g/mol. The van der Waals surface area contributed by atoms with E-state index in [1.165, 1.54) is 24.8 Å². The fourth-order valence-corrected chi connectivity index (χ4v) is 2.85. The van der Waals surface area contributed by atoms with Gasteiger partial charge in [0.1, 0.15) is 0 Å². The average molecular weight is 258 g/mol. The summed E-state index contributed by atoms with van der Waals surface area (Å²) in [5, 5.41) is 18.4. The Morgan fingerprint density at radius 2 is 2.11 bits per heavy atom. The lowest BCUT2D eigenvalue weighted by molar-refractivity contribution is 0.0818. The van der Waals surface area contributed by atoms with E-state index in [-0.39, 0.29) is 6.10 Å². The maximum Gasteiger partial charge on any atom is 0.0991 e. The summed E-state index contributed by atoms with van der Waals surface area (Å²) in [6.45, 7) is 3.90. The molecule has 1 saturated heterocycles. The van der Waals surface area contributed by atoms with Gasteiger partial charge in [-0.25, -0.2) is 0 Å². The zero-order valence-electron chi connectivity index (χ0n) is 11.5. The predicted octanol–water partition coefficient (Wildman–Crippen LogP) is 2.68. The normalized spacial score (nSPS) is 21.8. The zero-order valence-corrected chi connectivity index (χ0v) is 11.5. The number of piperidine rings is 1. The van der Waals surface area contributed by atoms with Crippen molar-refractivity contribution in [3.05, 3.63) is 35.4 Å². The summed E-state index contributed by atoms with van der Waals surface area (Å²) in [7, 11) is 0. The summed E-state index contributed by atoms with van der Waals surface area (Å²) in [4.78, 5) is 2.47. The van der Waals surface area contributed by atoms with Crippen LogP contribution < -0.4 is 0 Å². The molecule has 1 heterocycles. The van der Waals surface area contributed by atoms with Crippen LogP contribution in [0.2, 0.25) is 0 Å². The van der Waals surface area contributed by atoms with E-state index >= 15 is 0 Å². The molecule has 2 rings (SSSR count).